The second-order valence-corrected chi connectivity index (χ2v) is 9.58. The van der Waals surface area contributed by atoms with E-state index in [0.29, 0.717) is 35.0 Å². The number of hydrogen-bond acceptors (Lipinski definition) is 6. The molecule has 1 aliphatic rings. The first kappa shape index (κ1) is 26.6. The second-order valence-electron chi connectivity index (χ2n) is 8.18. The van der Waals surface area contributed by atoms with E-state index in [1.165, 1.54) is 12.1 Å². The summed E-state index contributed by atoms with van der Waals surface area (Å²) in [6.07, 6.45) is 1.59. The van der Waals surface area contributed by atoms with E-state index in [0.717, 1.165) is 22.2 Å². The standard InChI is InChI=1S/C28H25ClFNO5S/c1-3-34-24-15-20(14-23(29)26(24)36-17-19-5-4-6-21(30)13-19)16-25-27(32)31(28(33)37-25)11-12-35-22-9-7-18(2)8-10-22/h4-10,13-16H,3,11-12,17H2,1-2H3/b25-16-. The first-order chi connectivity index (χ1) is 17.8. The van der Waals surface area contributed by atoms with Crippen molar-refractivity contribution in [3.8, 4) is 17.2 Å². The zero-order valence-electron chi connectivity index (χ0n) is 20.3. The van der Waals surface area contributed by atoms with Crippen molar-refractivity contribution in [1.29, 1.82) is 0 Å². The predicted molar refractivity (Wildman–Crippen MR) is 143 cm³/mol. The lowest BCUT2D eigenvalue weighted by molar-refractivity contribution is -0.123. The van der Waals surface area contributed by atoms with E-state index in [1.807, 2.05) is 38.1 Å². The van der Waals surface area contributed by atoms with Gasteiger partial charge in [-0.05, 0) is 79.2 Å². The smallest absolute Gasteiger partial charge is 0.293 e. The summed E-state index contributed by atoms with van der Waals surface area (Å²) >= 11 is 7.34. The fourth-order valence-electron chi connectivity index (χ4n) is 3.59. The van der Waals surface area contributed by atoms with Gasteiger partial charge in [0, 0.05) is 0 Å². The molecule has 0 N–H and O–H groups in total. The number of carbonyl (C=O) groups is 2. The van der Waals surface area contributed by atoms with Gasteiger partial charge in [0.2, 0.25) is 0 Å². The van der Waals surface area contributed by atoms with Crippen LogP contribution in [0.25, 0.3) is 6.08 Å². The van der Waals surface area contributed by atoms with Gasteiger partial charge in [0.05, 0.1) is 23.1 Å². The van der Waals surface area contributed by atoms with Gasteiger partial charge in [-0.2, -0.15) is 0 Å². The van der Waals surface area contributed by atoms with Gasteiger partial charge in [-0.1, -0.05) is 41.4 Å². The summed E-state index contributed by atoms with van der Waals surface area (Å²) in [7, 11) is 0. The van der Waals surface area contributed by atoms with Gasteiger partial charge in [-0.25, -0.2) is 4.39 Å². The molecule has 9 heteroatoms. The first-order valence-corrected chi connectivity index (χ1v) is 12.8. The molecule has 1 aliphatic heterocycles. The van der Waals surface area contributed by atoms with Crippen molar-refractivity contribution in [2.45, 2.75) is 20.5 Å². The Hall–Kier alpha value is -3.49. The number of thioether (sulfide) groups is 1. The summed E-state index contributed by atoms with van der Waals surface area (Å²) in [5, 5.41) is -0.103. The predicted octanol–water partition coefficient (Wildman–Crippen LogP) is 6.88. The highest BCUT2D eigenvalue weighted by Crippen LogP contribution is 2.39. The fraction of sp³-hybridized carbons (Fsp3) is 0.214. The topological polar surface area (TPSA) is 65.1 Å². The largest absolute Gasteiger partial charge is 0.492 e. The molecule has 0 spiro atoms. The summed E-state index contributed by atoms with van der Waals surface area (Å²) < 4.78 is 30.7. The van der Waals surface area contributed by atoms with Crippen molar-refractivity contribution in [1.82, 2.24) is 4.90 Å². The van der Waals surface area contributed by atoms with Gasteiger partial charge in [0.15, 0.2) is 11.5 Å². The molecule has 0 aliphatic carbocycles. The number of hydrogen-bond donors (Lipinski definition) is 0. The minimum absolute atomic E-state index is 0.0977. The minimum Gasteiger partial charge on any atom is -0.492 e. The van der Waals surface area contributed by atoms with Crippen molar-refractivity contribution in [3.05, 3.63) is 93.1 Å². The zero-order valence-corrected chi connectivity index (χ0v) is 21.9. The molecule has 37 heavy (non-hydrogen) atoms. The SMILES string of the molecule is CCOc1cc(/C=C2\SC(=O)N(CCOc3ccc(C)cc3)C2=O)cc(Cl)c1OCc1cccc(F)c1. The number of halogens is 2. The van der Waals surface area contributed by atoms with E-state index < -0.39 is 5.91 Å². The number of aryl methyl sites for hydroxylation is 1. The molecule has 3 aromatic rings. The van der Waals surface area contributed by atoms with Crippen LogP contribution in [0.3, 0.4) is 0 Å². The molecule has 0 bridgehead atoms. The molecular formula is C28H25ClFNO5S. The van der Waals surface area contributed by atoms with E-state index >= 15 is 0 Å². The molecule has 1 fully saturated rings. The van der Waals surface area contributed by atoms with Crippen LogP contribution < -0.4 is 14.2 Å². The second kappa shape index (κ2) is 12.2. The maximum absolute atomic E-state index is 13.5. The fourth-order valence-corrected chi connectivity index (χ4v) is 4.73. The first-order valence-electron chi connectivity index (χ1n) is 11.6. The van der Waals surface area contributed by atoms with Crippen LogP contribution in [0.5, 0.6) is 17.2 Å². The summed E-state index contributed by atoms with van der Waals surface area (Å²) in [6.45, 7) is 4.57. The maximum Gasteiger partial charge on any atom is 0.293 e. The molecule has 0 unspecified atom stereocenters. The number of carbonyl (C=O) groups excluding carboxylic acids is 2. The van der Waals surface area contributed by atoms with E-state index in [-0.39, 0.29) is 40.7 Å². The van der Waals surface area contributed by atoms with Crippen molar-refractivity contribution >= 4 is 40.6 Å². The third kappa shape index (κ3) is 6.84. The van der Waals surface area contributed by atoms with E-state index in [4.69, 9.17) is 25.8 Å². The van der Waals surface area contributed by atoms with Crippen molar-refractivity contribution < 1.29 is 28.2 Å². The van der Waals surface area contributed by atoms with Crippen LogP contribution in [0, 0.1) is 12.7 Å². The number of ether oxygens (including phenoxy) is 3. The lowest BCUT2D eigenvalue weighted by atomic mass is 10.1. The molecule has 6 nitrogen and oxygen atoms in total. The number of benzene rings is 3. The Morgan fingerprint density at radius 3 is 2.54 bits per heavy atom. The van der Waals surface area contributed by atoms with Gasteiger partial charge in [-0.15, -0.1) is 0 Å². The summed E-state index contributed by atoms with van der Waals surface area (Å²) in [4.78, 5) is 26.8. The summed E-state index contributed by atoms with van der Waals surface area (Å²) in [6, 6.07) is 16.9. The molecule has 4 rings (SSSR count). The Kier molecular flexibility index (Phi) is 8.74. The zero-order chi connectivity index (χ0) is 26.4. The highest BCUT2D eigenvalue weighted by atomic mass is 35.5. The maximum atomic E-state index is 13.5. The Morgan fingerprint density at radius 2 is 1.81 bits per heavy atom. The van der Waals surface area contributed by atoms with Crippen molar-refractivity contribution in [3.63, 3.8) is 0 Å². The highest BCUT2D eigenvalue weighted by Gasteiger charge is 2.35. The Labute approximate surface area is 224 Å². The van der Waals surface area contributed by atoms with Gasteiger partial charge in [0.1, 0.15) is 24.8 Å². The van der Waals surface area contributed by atoms with Crippen LogP contribution in [0.2, 0.25) is 5.02 Å². The number of amides is 2. The Bertz CT molecular complexity index is 1330. The molecular weight excluding hydrogens is 517 g/mol. The molecule has 0 saturated carbocycles. The summed E-state index contributed by atoms with van der Waals surface area (Å²) in [5.41, 5.74) is 2.33. The van der Waals surface area contributed by atoms with Crippen LogP contribution in [0.4, 0.5) is 9.18 Å². The van der Waals surface area contributed by atoms with Crippen molar-refractivity contribution in [2.75, 3.05) is 19.8 Å². The van der Waals surface area contributed by atoms with Crippen LogP contribution in [0.1, 0.15) is 23.6 Å². The number of imide groups is 1. The van der Waals surface area contributed by atoms with Crippen LogP contribution in [-0.4, -0.2) is 35.8 Å². The lowest BCUT2D eigenvalue weighted by Gasteiger charge is -2.15. The Morgan fingerprint density at radius 1 is 1.03 bits per heavy atom. The van der Waals surface area contributed by atoms with Crippen LogP contribution >= 0.6 is 23.4 Å². The molecule has 0 atom stereocenters. The monoisotopic (exact) mass is 541 g/mol. The molecule has 2 amide bonds. The third-order valence-electron chi connectivity index (χ3n) is 5.38. The van der Waals surface area contributed by atoms with Gasteiger partial charge < -0.3 is 14.2 Å². The molecule has 3 aromatic carbocycles. The van der Waals surface area contributed by atoms with Gasteiger partial charge in [0.25, 0.3) is 11.1 Å². The average Bonchev–Trinajstić information content (AvgIpc) is 3.12. The highest BCUT2D eigenvalue weighted by molar-refractivity contribution is 8.18. The van der Waals surface area contributed by atoms with Crippen LogP contribution in [-0.2, 0) is 11.4 Å². The molecule has 0 aromatic heterocycles. The summed E-state index contributed by atoms with van der Waals surface area (Å²) in [5.74, 6) is 0.604. The number of nitrogens with zero attached hydrogens (tertiary/aromatic N) is 1. The normalized spacial score (nSPS) is 14.4. The third-order valence-corrected chi connectivity index (χ3v) is 6.57. The van der Waals surface area contributed by atoms with E-state index in [1.54, 1.807) is 30.3 Å². The lowest BCUT2D eigenvalue weighted by Crippen LogP contribution is -2.32. The van der Waals surface area contributed by atoms with Crippen LogP contribution in [0.15, 0.2) is 65.6 Å². The quantitative estimate of drug-likeness (QED) is 0.261. The van der Waals surface area contributed by atoms with Crippen molar-refractivity contribution in [2.24, 2.45) is 0 Å². The van der Waals surface area contributed by atoms with Gasteiger partial charge in [-0.3, -0.25) is 14.5 Å². The molecule has 192 valence electrons. The Balaban J connectivity index is 1.45. The molecule has 0 radical (unpaired) electrons. The van der Waals surface area contributed by atoms with E-state index in [2.05, 4.69) is 0 Å². The number of rotatable bonds is 10. The van der Waals surface area contributed by atoms with Gasteiger partial charge >= 0.3 is 0 Å². The molecule has 1 heterocycles. The minimum atomic E-state index is -0.400. The molecule has 1 saturated heterocycles. The van der Waals surface area contributed by atoms with E-state index in [9.17, 15) is 14.0 Å². The average molecular weight is 542 g/mol.